The summed E-state index contributed by atoms with van der Waals surface area (Å²) < 4.78 is 28.4. The van der Waals surface area contributed by atoms with Crippen molar-refractivity contribution in [1.82, 2.24) is 0 Å². The summed E-state index contributed by atoms with van der Waals surface area (Å²) in [6.45, 7) is 0. The van der Waals surface area contributed by atoms with Gasteiger partial charge in [0, 0.05) is 20.6 Å². The smallest absolute Gasteiger partial charge is 0.128 e. The molecule has 2 aromatic rings. The fourth-order valence-electron chi connectivity index (χ4n) is 1.89. The summed E-state index contributed by atoms with van der Waals surface area (Å²) in [6.07, 6.45) is 0.365. The third kappa shape index (κ3) is 3.84. The molecule has 1 unspecified atom stereocenters. The van der Waals surface area contributed by atoms with Crippen LogP contribution in [-0.4, -0.2) is 0 Å². The first-order valence-electron chi connectivity index (χ1n) is 5.61. The highest BCUT2D eigenvalue weighted by molar-refractivity contribution is 9.10. The molecule has 0 saturated heterocycles. The van der Waals surface area contributed by atoms with Gasteiger partial charge in [0.05, 0.1) is 0 Å². The molecule has 1 nitrogen and oxygen atoms in total. The third-order valence-corrected chi connectivity index (χ3v) is 3.69. The van der Waals surface area contributed by atoms with E-state index < -0.39 is 6.04 Å². The number of rotatable bonds is 3. The Hall–Kier alpha value is -0.780. The minimum atomic E-state index is -0.522. The molecule has 19 heavy (non-hydrogen) atoms. The lowest BCUT2D eigenvalue weighted by atomic mass is 9.99. The molecule has 2 aromatic carbocycles. The van der Waals surface area contributed by atoms with Crippen molar-refractivity contribution in [2.24, 2.45) is 5.73 Å². The summed E-state index contributed by atoms with van der Waals surface area (Å²) in [5, 5.41) is 0. The lowest BCUT2D eigenvalue weighted by Gasteiger charge is -2.14. The first kappa shape index (κ1) is 14.6. The summed E-state index contributed by atoms with van der Waals surface area (Å²) in [5.74, 6) is -0.697. The second-order valence-electron chi connectivity index (χ2n) is 4.25. The molecule has 2 N–H and O–H groups in total. The van der Waals surface area contributed by atoms with Gasteiger partial charge in [-0.05, 0) is 48.4 Å². The van der Waals surface area contributed by atoms with Crippen molar-refractivity contribution in [1.29, 1.82) is 0 Å². The van der Waals surface area contributed by atoms with Crippen LogP contribution >= 0.6 is 31.9 Å². The Morgan fingerprint density at radius 2 is 1.74 bits per heavy atom. The molecule has 0 saturated carbocycles. The predicted octanol–water partition coefficient (Wildman–Crippen LogP) is 4.73. The van der Waals surface area contributed by atoms with Gasteiger partial charge in [-0.25, -0.2) is 8.78 Å². The van der Waals surface area contributed by atoms with Crippen LogP contribution in [0.2, 0.25) is 0 Å². The van der Waals surface area contributed by atoms with E-state index in [-0.39, 0.29) is 11.6 Å². The van der Waals surface area contributed by atoms with Gasteiger partial charge in [0.2, 0.25) is 0 Å². The number of benzene rings is 2. The van der Waals surface area contributed by atoms with Gasteiger partial charge >= 0.3 is 0 Å². The van der Waals surface area contributed by atoms with Gasteiger partial charge in [0.1, 0.15) is 11.6 Å². The average Bonchev–Trinajstić information content (AvgIpc) is 2.30. The van der Waals surface area contributed by atoms with E-state index in [2.05, 4.69) is 31.9 Å². The van der Waals surface area contributed by atoms with E-state index >= 15 is 0 Å². The summed E-state index contributed by atoms with van der Waals surface area (Å²) in [5.41, 5.74) is 7.13. The van der Waals surface area contributed by atoms with E-state index in [9.17, 15) is 8.78 Å². The van der Waals surface area contributed by atoms with Gasteiger partial charge in [-0.2, -0.15) is 0 Å². The Balaban J connectivity index is 2.25. The highest BCUT2D eigenvalue weighted by Gasteiger charge is 2.13. The fourth-order valence-corrected chi connectivity index (χ4v) is 2.78. The molecule has 5 heteroatoms. The van der Waals surface area contributed by atoms with Gasteiger partial charge in [-0.1, -0.05) is 31.9 Å². The van der Waals surface area contributed by atoms with Crippen molar-refractivity contribution in [3.05, 3.63) is 68.1 Å². The van der Waals surface area contributed by atoms with Gasteiger partial charge < -0.3 is 5.73 Å². The molecule has 100 valence electrons. The van der Waals surface area contributed by atoms with E-state index in [0.717, 1.165) is 10.0 Å². The lowest BCUT2D eigenvalue weighted by Crippen LogP contribution is -2.15. The molecule has 0 aliphatic rings. The van der Waals surface area contributed by atoms with Gasteiger partial charge in [0.15, 0.2) is 0 Å². The van der Waals surface area contributed by atoms with E-state index in [4.69, 9.17) is 5.73 Å². The number of hydrogen-bond donors (Lipinski definition) is 1. The molecule has 0 bridgehead atoms. The van der Waals surface area contributed by atoms with Crippen LogP contribution in [0.25, 0.3) is 0 Å². The van der Waals surface area contributed by atoms with Crippen molar-refractivity contribution >= 4 is 31.9 Å². The second-order valence-corrected chi connectivity index (χ2v) is 6.09. The normalized spacial score (nSPS) is 12.5. The van der Waals surface area contributed by atoms with Crippen molar-refractivity contribution in [2.45, 2.75) is 12.5 Å². The zero-order chi connectivity index (χ0) is 14.0. The largest absolute Gasteiger partial charge is 0.324 e. The van der Waals surface area contributed by atoms with Crippen LogP contribution in [0.5, 0.6) is 0 Å². The predicted molar refractivity (Wildman–Crippen MR) is 78.8 cm³/mol. The molecule has 0 aliphatic heterocycles. The molecule has 0 amide bonds. The van der Waals surface area contributed by atoms with Crippen LogP contribution in [0.1, 0.15) is 17.2 Å². The maximum absolute atomic E-state index is 13.7. The van der Waals surface area contributed by atoms with E-state index in [0.29, 0.717) is 16.5 Å². The SMILES string of the molecule is NC(Cc1cc(F)cc(Br)c1)c1cc(Br)ccc1F. The monoisotopic (exact) mass is 389 g/mol. The zero-order valence-electron chi connectivity index (χ0n) is 9.84. The standard InChI is InChI=1S/C14H11Br2F2N/c15-9-1-2-13(18)12(7-9)14(19)5-8-3-10(16)6-11(17)4-8/h1-4,6-7,14H,5,19H2. The molecule has 1 atom stereocenters. The quantitative estimate of drug-likeness (QED) is 0.805. The van der Waals surface area contributed by atoms with Crippen LogP contribution < -0.4 is 5.73 Å². The third-order valence-electron chi connectivity index (χ3n) is 2.74. The molecule has 2 rings (SSSR count). The summed E-state index contributed by atoms with van der Waals surface area (Å²) in [4.78, 5) is 0. The molecule has 0 radical (unpaired) electrons. The molecule has 0 aliphatic carbocycles. The topological polar surface area (TPSA) is 26.0 Å². The van der Waals surface area contributed by atoms with Crippen LogP contribution in [0.4, 0.5) is 8.78 Å². The fraction of sp³-hybridized carbons (Fsp3) is 0.143. The van der Waals surface area contributed by atoms with Crippen molar-refractivity contribution in [3.8, 4) is 0 Å². The summed E-state index contributed by atoms with van der Waals surface area (Å²) >= 11 is 6.51. The molecule has 0 aromatic heterocycles. The highest BCUT2D eigenvalue weighted by Crippen LogP contribution is 2.24. The number of hydrogen-bond acceptors (Lipinski definition) is 1. The first-order valence-corrected chi connectivity index (χ1v) is 7.20. The second kappa shape index (κ2) is 6.11. The molecular formula is C14H11Br2F2N. The van der Waals surface area contributed by atoms with Crippen LogP contribution in [-0.2, 0) is 6.42 Å². The Morgan fingerprint density at radius 1 is 1.00 bits per heavy atom. The lowest BCUT2D eigenvalue weighted by molar-refractivity contribution is 0.578. The zero-order valence-corrected chi connectivity index (χ0v) is 13.0. The maximum Gasteiger partial charge on any atom is 0.128 e. The minimum absolute atomic E-state index is 0.341. The summed E-state index contributed by atoms with van der Waals surface area (Å²) in [7, 11) is 0. The minimum Gasteiger partial charge on any atom is -0.324 e. The van der Waals surface area contributed by atoms with Crippen molar-refractivity contribution < 1.29 is 8.78 Å². The first-order chi connectivity index (χ1) is 8.95. The number of nitrogens with two attached hydrogens (primary N) is 1. The Kier molecular flexibility index (Phi) is 4.71. The van der Waals surface area contributed by atoms with E-state index in [1.54, 1.807) is 18.2 Å². The maximum atomic E-state index is 13.7. The van der Waals surface area contributed by atoms with E-state index in [1.807, 2.05) is 0 Å². The van der Waals surface area contributed by atoms with Crippen LogP contribution in [0.3, 0.4) is 0 Å². The van der Waals surface area contributed by atoms with Crippen LogP contribution in [0.15, 0.2) is 45.3 Å². The van der Waals surface area contributed by atoms with Gasteiger partial charge in [0.25, 0.3) is 0 Å². The molecular weight excluding hydrogens is 380 g/mol. The summed E-state index contributed by atoms with van der Waals surface area (Å²) in [6, 6.07) is 8.65. The molecule has 0 spiro atoms. The van der Waals surface area contributed by atoms with Crippen molar-refractivity contribution in [3.63, 3.8) is 0 Å². The van der Waals surface area contributed by atoms with E-state index in [1.165, 1.54) is 18.2 Å². The van der Waals surface area contributed by atoms with Gasteiger partial charge in [-0.15, -0.1) is 0 Å². The average molecular weight is 391 g/mol. The molecule has 0 heterocycles. The molecule has 0 fully saturated rings. The Labute approximate surface area is 127 Å². The van der Waals surface area contributed by atoms with Gasteiger partial charge in [-0.3, -0.25) is 0 Å². The van der Waals surface area contributed by atoms with Crippen molar-refractivity contribution in [2.75, 3.05) is 0 Å². The number of halogens is 4. The van der Waals surface area contributed by atoms with Crippen LogP contribution in [0, 0.1) is 11.6 Å². The Morgan fingerprint density at radius 3 is 2.42 bits per heavy atom. The Bertz CT molecular complexity index is 582. The highest BCUT2D eigenvalue weighted by atomic mass is 79.9.